The van der Waals surface area contributed by atoms with Gasteiger partial charge in [0.2, 0.25) is 0 Å². The van der Waals surface area contributed by atoms with E-state index in [-0.39, 0.29) is 36.0 Å². The second-order valence-corrected chi connectivity index (χ2v) is 6.40. The van der Waals surface area contributed by atoms with E-state index in [0.717, 1.165) is 51.3 Å². The highest BCUT2D eigenvalue weighted by molar-refractivity contribution is 14.0. The standard InChI is InChI=1S/C18H29N3O3.HI/c1-19-17(21-13-18(8-11-22)9-12-24-14-18)20-10-2-3-15-4-6-16(23)7-5-15;/h4-7,22-23H,2-3,8-14H2,1H3,(H2,19,20,21);1H. The number of benzene rings is 1. The van der Waals surface area contributed by atoms with Gasteiger partial charge in [0.15, 0.2) is 5.96 Å². The van der Waals surface area contributed by atoms with Crippen molar-refractivity contribution in [2.75, 3.05) is 40.0 Å². The molecule has 1 aromatic carbocycles. The number of nitrogens with zero attached hydrogens (tertiary/aromatic N) is 1. The number of guanidine groups is 1. The summed E-state index contributed by atoms with van der Waals surface area (Å²) in [4.78, 5) is 4.25. The van der Waals surface area contributed by atoms with Crippen LogP contribution in [-0.2, 0) is 11.2 Å². The van der Waals surface area contributed by atoms with Gasteiger partial charge in [0.05, 0.1) is 6.61 Å². The van der Waals surface area contributed by atoms with Gasteiger partial charge in [0.1, 0.15) is 5.75 Å². The second kappa shape index (κ2) is 11.5. The van der Waals surface area contributed by atoms with Crippen molar-refractivity contribution in [3.05, 3.63) is 29.8 Å². The van der Waals surface area contributed by atoms with Gasteiger partial charge in [-0.1, -0.05) is 12.1 Å². The van der Waals surface area contributed by atoms with E-state index >= 15 is 0 Å². The van der Waals surface area contributed by atoms with Gasteiger partial charge in [0.25, 0.3) is 0 Å². The molecule has 2 rings (SSSR count). The van der Waals surface area contributed by atoms with Gasteiger partial charge in [-0.2, -0.15) is 0 Å². The summed E-state index contributed by atoms with van der Waals surface area (Å²) < 4.78 is 5.51. The maximum absolute atomic E-state index is 9.28. The molecule has 0 aromatic heterocycles. The van der Waals surface area contributed by atoms with Gasteiger partial charge in [-0.3, -0.25) is 4.99 Å². The van der Waals surface area contributed by atoms with Crippen molar-refractivity contribution in [2.45, 2.75) is 25.7 Å². The SMILES string of the molecule is CN=C(NCCCc1ccc(O)cc1)NCC1(CCO)CCOC1.I. The monoisotopic (exact) mass is 463 g/mol. The highest BCUT2D eigenvalue weighted by Crippen LogP contribution is 2.31. The van der Waals surface area contributed by atoms with Crippen LogP contribution in [0.2, 0.25) is 0 Å². The highest BCUT2D eigenvalue weighted by atomic mass is 127. The predicted octanol–water partition coefficient (Wildman–Crippen LogP) is 1.90. The van der Waals surface area contributed by atoms with Crippen LogP contribution in [0.15, 0.2) is 29.3 Å². The largest absolute Gasteiger partial charge is 0.508 e. The number of hydrogen-bond acceptors (Lipinski definition) is 4. The summed E-state index contributed by atoms with van der Waals surface area (Å²) in [5.74, 6) is 1.08. The molecule has 6 nitrogen and oxygen atoms in total. The third kappa shape index (κ3) is 7.37. The zero-order valence-electron chi connectivity index (χ0n) is 14.8. The highest BCUT2D eigenvalue weighted by Gasteiger charge is 2.34. The molecule has 1 aromatic rings. The molecule has 0 amide bonds. The topological polar surface area (TPSA) is 86.1 Å². The van der Waals surface area contributed by atoms with E-state index in [9.17, 15) is 10.2 Å². The Kier molecular flexibility index (Phi) is 10.1. The minimum absolute atomic E-state index is 0. The molecule has 1 fully saturated rings. The first kappa shape index (κ1) is 22.0. The molecule has 1 unspecified atom stereocenters. The molecule has 4 N–H and O–H groups in total. The molecule has 1 aliphatic rings. The second-order valence-electron chi connectivity index (χ2n) is 6.40. The van der Waals surface area contributed by atoms with Crippen LogP contribution < -0.4 is 10.6 Å². The Morgan fingerprint density at radius 3 is 2.64 bits per heavy atom. The molecule has 1 aliphatic heterocycles. The minimum atomic E-state index is 0. The van der Waals surface area contributed by atoms with Crippen molar-refractivity contribution in [3.8, 4) is 5.75 Å². The van der Waals surface area contributed by atoms with Crippen LogP contribution in [0.4, 0.5) is 0 Å². The molecule has 0 aliphatic carbocycles. The molecule has 0 radical (unpaired) electrons. The number of phenolic OH excluding ortho intramolecular Hbond substituents is 1. The summed E-state index contributed by atoms with van der Waals surface area (Å²) in [5, 5.41) is 25.2. The van der Waals surface area contributed by atoms with Crippen molar-refractivity contribution >= 4 is 29.9 Å². The number of nitrogens with one attached hydrogen (secondary N) is 2. The van der Waals surface area contributed by atoms with Gasteiger partial charge in [-0.25, -0.2) is 0 Å². The Morgan fingerprint density at radius 1 is 1.28 bits per heavy atom. The Balaban J connectivity index is 0.00000312. The quantitative estimate of drug-likeness (QED) is 0.205. The molecular weight excluding hydrogens is 433 g/mol. The van der Waals surface area contributed by atoms with E-state index in [0.29, 0.717) is 12.4 Å². The molecule has 1 heterocycles. The summed E-state index contributed by atoms with van der Waals surface area (Å²) in [7, 11) is 1.76. The lowest BCUT2D eigenvalue weighted by Gasteiger charge is -2.27. The number of phenols is 1. The number of halogens is 1. The molecule has 142 valence electrons. The van der Waals surface area contributed by atoms with Crippen molar-refractivity contribution in [3.63, 3.8) is 0 Å². The van der Waals surface area contributed by atoms with Crippen LogP contribution in [0.3, 0.4) is 0 Å². The van der Waals surface area contributed by atoms with E-state index in [4.69, 9.17) is 4.74 Å². The fraction of sp³-hybridized carbons (Fsp3) is 0.611. The Labute approximate surface area is 167 Å². The van der Waals surface area contributed by atoms with Crippen LogP contribution in [0.1, 0.15) is 24.8 Å². The summed E-state index contributed by atoms with van der Waals surface area (Å²) in [5.41, 5.74) is 1.22. The number of aromatic hydroxyl groups is 1. The summed E-state index contributed by atoms with van der Waals surface area (Å²) in [6, 6.07) is 7.32. The summed E-state index contributed by atoms with van der Waals surface area (Å²) in [6.45, 7) is 3.22. The molecular formula is C18H30IN3O3. The minimum Gasteiger partial charge on any atom is -0.508 e. The molecule has 25 heavy (non-hydrogen) atoms. The lowest BCUT2D eigenvalue weighted by molar-refractivity contribution is 0.127. The Hall–Kier alpha value is -1.06. The fourth-order valence-electron chi connectivity index (χ4n) is 2.97. The number of aliphatic hydroxyl groups is 1. The van der Waals surface area contributed by atoms with E-state index in [1.54, 1.807) is 19.2 Å². The number of rotatable bonds is 8. The van der Waals surface area contributed by atoms with E-state index in [1.165, 1.54) is 5.56 Å². The molecule has 1 saturated heterocycles. The van der Waals surface area contributed by atoms with Gasteiger partial charge < -0.3 is 25.6 Å². The molecule has 1 atom stereocenters. The van der Waals surface area contributed by atoms with Crippen LogP contribution in [-0.4, -0.2) is 56.1 Å². The lowest BCUT2D eigenvalue weighted by Crippen LogP contribution is -2.44. The molecule has 0 saturated carbocycles. The number of aryl methyl sites for hydroxylation is 1. The zero-order chi connectivity index (χ0) is 17.3. The zero-order valence-corrected chi connectivity index (χ0v) is 17.2. The van der Waals surface area contributed by atoms with Gasteiger partial charge in [0, 0.05) is 38.8 Å². The number of aliphatic hydroxyl groups excluding tert-OH is 1. The Morgan fingerprint density at radius 2 is 2.04 bits per heavy atom. The van der Waals surface area contributed by atoms with E-state index in [2.05, 4.69) is 15.6 Å². The van der Waals surface area contributed by atoms with Crippen LogP contribution in [0, 0.1) is 5.41 Å². The average molecular weight is 463 g/mol. The lowest BCUT2D eigenvalue weighted by atomic mass is 9.84. The number of hydrogen-bond donors (Lipinski definition) is 4. The Bertz CT molecular complexity index is 517. The first-order valence-corrected chi connectivity index (χ1v) is 8.58. The first-order valence-electron chi connectivity index (χ1n) is 8.58. The third-order valence-electron chi connectivity index (χ3n) is 4.55. The van der Waals surface area contributed by atoms with Gasteiger partial charge >= 0.3 is 0 Å². The molecule has 0 bridgehead atoms. The first-order chi connectivity index (χ1) is 11.7. The van der Waals surface area contributed by atoms with Crippen molar-refractivity contribution in [1.82, 2.24) is 10.6 Å². The van der Waals surface area contributed by atoms with Crippen LogP contribution in [0.25, 0.3) is 0 Å². The normalized spacial score (nSPS) is 20.2. The van der Waals surface area contributed by atoms with E-state index in [1.807, 2.05) is 12.1 Å². The molecule has 0 spiro atoms. The van der Waals surface area contributed by atoms with Gasteiger partial charge in [-0.05, 0) is 43.4 Å². The predicted molar refractivity (Wildman–Crippen MR) is 111 cm³/mol. The maximum atomic E-state index is 9.28. The number of aliphatic imine (C=N–C) groups is 1. The average Bonchev–Trinajstić information content (AvgIpc) is 3.05. The fourth-order valence-corrected chi connectivity index (χ4v) is 2.97. The van der Waals surface area contributed by atoms with Crippen LogP contribution >= 0.6 is 24.0 Å². The van der Waals surface area contributed by atoms with Crippen molar-refractivity contribution in [1.29, 1.82) is 0 Å². The van der Waals surface area contributed by atoms with Crippen LogP contribution in [0.5, 0.6) is 5.75 Å². The summed E-state index contributed by atoms with van der Waals surface area (Å²) in [6.07, 6.45) is 3.65. The van der Waals surface area contributed by atoms with Gasteiger partial charge in [-0.15, -0.1) is 24.0 Å². The van der Waals surface area contributed by atoms with Crippen molar-refractivity contribution in [2.24, 2.45) is 10.4 Å². The summed E-state index contributed by atoms with van der Waals surface area (Å²) >= 11 is 0. The third-order valence-corrected chi connectivity index (χ3v) is 4.55. The molecule has 7 heteroatoms. The van der Waals surface area contributed by atoms with Crippen molar-refractivity contribution < 1.29 is 14.9 Å². The maximum Gasteiger partial charge on any atom is 0.190 e. The smallest absolute Gasteiger partial charge is 0.190 e. The number of ether oxygens (including phenoxy) is 1. The van der Waals surface area contributed by atoms with E-state index < -0.39 is 0 Å².